The molecule has 1 aromatic rings. The fourth-order valence-electron chi connectivity index (χ4n) is 3.13. The van der Waals surface area contributed by atoms with E-state index in [4.69, 9.17) is 4.74 Å². The topological polar surface area (TPSA) is 41.6 Å². The summed E-state index contributed by atoms with van der Waals surface area (Å²) in [5, 5.41) is 3.37. The Bertz CT molecular complexity index is 450. The molecule has 0 aliphatic carbocycles. The van der Waals surface area contributed by atoms with Crippen LogP contribution in [0.25, 0.3) is 0 Å². The molecule has 136 valence electrons. The van der Waals surface area contributed by atoms with Crippen LogP contribution < -0.4 is 5.32 Å². The van der Waals surface area contributed by atoms with Gasteiger partial charge in [-0.25, -0.2) is 0 Å². The Labute approximate surface area is 152 Å². The van der Waals surface area contributed by atoms with Crippen LogP contribution in [0.1, 0.15) is 31.2 Å². The summed E-state index contributed by atoms with van der Waals surface area (Å²) in [7, 11) is 1.69. The van der Waals surface area contributed by atoms with Crippen molar-refractivity contribution in [3.05, 3.63) is 35.9 Å². The van der Waals surface area contributed by atoms with E-state index in [1.54, 1.807) is 7.11 Å². The Hall–Kier alpha value is -1.10. The van der Waals surface area contributed by atoms with E-state index in [0.717, 1.165) is 38.9 Å². The summed E-state index contributed by atoms with van der Waals surface area (Å²) in [6, 6.07) is 10.5. The zero-order valence-electron chi connectivity index (χ0n) is 14.7. The maximum atomic E-state index is 12.5. The highest BCUT2D eigenvalue weighted by Gasteiger charge is 2.18. The van der Waals surface area contributed by atoms with Crippen LogP contribution in [0.2, 0.25) is 0 Å². The predicted octanol–water partition coefficient (Wildman–Crippen LogP) is 2.91. The summed E-state index contributed by atoms with van der Waals surface area (Å²) < 4.78 is 5.16. The normalized spacial score (nSPS) is 16.6. The first kappa shape index (κ1) is 20.9. The minimum atomic E-state index is 0. The number of methoxy groups -OCH3 is 1. The lowest BCUT2D eigenvalue weighted by atomic mass is 10.0. The van der Waals surface area contributed by atoms with Crippen molar-refractivity contribution >= 4 is 18.3 Å². The quantitative estimate of drug-likeness (QED) is 0.702. The second-order valence-corrected chi connectivity index (χ2v) is 6.36. The van der Waals surface area contributed by atoms with Crippen molar-refractivity contribution in [3.63, 3.8) is 0 Å². The molecule has 1 unspecified atom stereocenters. The Kier molecular flexibility index (Phi) is 10.7. The molecular weight excluding hydrogens is 324 g/mol. The van der Waals surface area contributed by atoms with Gasteiger partial charge in [0.25, 0.3) is 0 Å². The fraction of sp³-hybridized carbons (Fsp3) is 0.632. The zero-order chi connectivity index (χ0) is 16.3. The van der Waals surface area contributed by atoms with E-state index in [1.807, 2.05) is 11.0 Å². The maximum Gasteiger partial charge on any atom is 0.222 e. The van der Waals surface area contributed by atoms with Crippen LogP contribution in [-0.2, 0) is 16.0 Å². The lowest BCUT2D eigenvalue weighted by molar-refractivity contribution is -0.132. The third-order valence-corrected chi connectivity index (χ3v) is 4.58. The van der Waals surface area contributed by atoms with Crippen molar-refractivity contribution in [3.8, 4) is 0 Å². The number of hydrogen-bond donors (Lipinski definition) is 1. The van der Waals surface area contributed by atoms with Gasteiger partial charge >= 0.3 is 0 Å². The first-order valence-electron chi connectivity index (χ1n) is 8.81. The molecule has 1 aromatic carbocycles. The van der Waals surface area contributed by atoms with Crippen LogP contribution in [-0.4, -0.2) is 50.7 Å². The molecule has 1 N–H and O–H groups in total. The number of rotatable bonds is 10. The standard InChI is InChI=1S/C19H30N2O2.ClH/c1-23-15-14-21(13-5-8-17-6-3-2-4-7-17)19(22)10-9-18-11-12-20-16-18;/h2-4,6-7,18,20H,5,8-16H2,1H3;1H. The zero-order valence-corrected chi connectivity index (χ0v) is 15.5. The molecule has 1 aliphatic rings. The molecule has 0 aromatic heterocycles. The number of halogens is 1. The summed E-state index contributed by atoms with van der Waals surface area (Å²) in [4.78, 5) is 14.5. The summed E-state index contributed by atoms with van der Waals surface area (Å²) in [6.07, 6.45) is 4.91. The van der Waals surface area contributed by atoms with Gasteiger partial charge < -0.3 is 15.0 Å². The molecule has 1 heterocycles. The lowest BCUT2D eigenvalue weighted by Crippen LogP contribution is -2.35. The van der Waals surface area contributed by atoms with E-state index < -0.39 is 0 Å². The number of nitrogens with one attached hydrogen (secondary N) is 1. The van der Waals surface area contributed by atoms with Crippen molar-refractivity contribution in [2.75, 3.05) is 39.9 Å². The molecule has 2 rings (SSSR count). The van der Waals surface area contributed by atoms with Gasteiger partial charge in [-0.15, -0.1) is 12.4 Å². The van der Waals surface area contributed by atoms with E-state index >= 15 is 0 Å². The maximum absolute atomic E-state index is 12.5. The second kappa shape index (κ2) is 12.3. The highest BCUT2D eigenvalue weighted by Crippen LogP contribution is 2.15. The summed E-state index contributed by atoms with van der Waals surface area (Å²) in [5.41, 5.74) is 1.34. The van der Waals surface area contributed by atoms with Gasteiger partial charge in [0.15, 0.2) is 0 Å². The van der Waals surface area contributed by atoms with Crippen molar-refractivity contribution in [2.45, 2.75) is 32.1 Å². The van der Waals surface area contributed by atoms with Gasteiger partial charge in [0, 0.05) is 26.6 Å². The Morgan fingerprint density at radius 2 is 2.08 bits per heavy atom. The van der Waals surface area contributed by atoms with Gasteiger partial charge in [-0.3, -0.25) is 4.79 Å². The van der Waals surface area contributed by atoms with Crippen molar-refractivity contribution < 1.29 is 9.53 Å². The molecular formula is C19H31ClN2O2. The van der Waals surface area contributed by atoms with Crippen molar-refractivity contribution in [1.29, 1.82) is 0 Å². The van der Waals surface area contributed by atoms with Gasteiger partial charge in [-0.1, -0.05) is 30.3 Å². The smallest absolute Gasteiger partial charge is 0.222 e. The predicted molar refractivity (Wildman–Crippen MR) is 101 cm³/mol. The fourth-order valence-corrected chi connectivity index (χ4v) is 3.13. The molecule has 0 saturated carbocycles. The molecule has 1 fully saturated rings. The van der Waals surface area contributed by atoms with Gasteiger partial charge in [0.1, 0.15) is 0 Å². The van der Waals surface area contributed by atoms with Crippen LogP contribution in [0.15, 0.2) is 30.3 Å². The molecule has 0 spiro atoms. The molecule has 5 heteroatoms. The van der Waals surface area contributed by atoms with Crippen LogP contribution in [0.4, 0.5) is 0 Å². The number of aryl methyl sites for hydroxylation is 1. The Morgan fingerprint density at radius 1 is 1.29 bits per heavy atom. The van der Waals surface area contributed by atoms with E-state index in [2.05, 4.69) is 29.6 Å². The van der Waals surface area contributed by atoms with Crippen LogP contribution in [0.3, 0.4) is 0 Å². The molecule has 24 heavy (non-hydrogen) atoms. The summed E-state index contributed by atoms with van der Waals surface area (Å²) in [6.45, 7) is 4.30. The van der Waals surface area contributed by atoms with Crippen molar-refractivity contribution in [2.24, 2.45) is 5.92 Å². The minimum Gasteiger partial charge on any atom is -0.383 e. The van der Waals surface area contributed by atoms with E-state index in [-0.39, 0.29) is 18.3 Å². The summed E-state index contributed by atoms with van der Waals surface area (Å²) in [5.74, 6) is 0.953. The second-order valence-electron chi connectivity index (χ2n) is 6.36. The molecule has 0 bridgehead atoms. The van der Waals surface area contributed by atoms with Gasteiger partial charge in [0.05, 0.1) is 6.61 Å². The Morgan fingerprint density at radius 3 is 2.75 bits per heavy atom. The highest BCUT2D eigenvalue weighted by atomic mass is 35.5. The van der Waals surface area contributed by atoms with Crippen LogP contribution >= 0.6 is 12.4 Å². The average molecular weight is 355 g/mol. The van der Waals surface area contributed by atoms with Crippen molar-refractivity contribution in [1.82, 2.24) is 10.2 Å². The third-order valence-electron chi connectivity index (χ3n) is 4.58. The largest absolute Gasteiger partial charge is 0.383 e. The first-order valence-corrected chi connectivity index (χ1v) is 8.81. The third kappa shape index (κ3) is 7.65. The SMILES string of the molecule is COCCN(CCCc1ccccc1)C(=O)CCC1CCNC1.Cl. The first-order chi connectivity index (χ1) is 11.3. The number of nitrogens with zero attached hydrogens (tertiary/aromatic N) is 1. The number of amides is 1. The number of carbonyl (C=O) groups excluding carboxylic acids is 1. The highest BCUT2D eigenvalue weighted by molar-refractivity contribution is 5.85. The molecule has 0 radical (unpaired) electrons. The number of ether oxygens (including phenoxy) is 1. The number of carbonyl (C=O) groups is 1. The molecule has 4 nitrogen and oxygen atoms in total. The van der Waals surface area contributed by atoms with E-state index in [1.165, 1.54) is 12.0 Å². The van der Waals surface area contributed by atoms with Gasteiger partial charge in [0.2, 0.25) is 5.91 Å². The van der Waals surface area contributed by atoms with Crippen LogP contribution in [0.5, 0.6) is 0 Å². The summed E-state index contributed by atoms with van der Waals surface area (Å²) >= 11 is 0. The van der Waals surface area contributed by atoms with Gasteiger partial charge in [-0.05, 0) is 50.3 Å². The Balaban J connectivity index is 0.00000288. The monoisotopic (exact) mass is 354 g/mol. The van der Waals surface area contributed by atoms with E-state index in [0.29, 0.717) is 25.5 Å². The molecule has 1 saturated heterocycles. The molecule has 1 aliphatic heterocycles. The minimum absolute atomic E-state index is 0. The molecule has 1 amide bonds. The number of hydrogen-bond acceptors (Lipinski definition) is 3. The van der Waals surface area contributed by atoms with Gasteiger partial charge in [-0.2, -0.15) is 0 Å². The number of benzene rings is 1. The van der Waals surface area contributed by atoms with E-state index in [9.17, 15) is 4.79 Å². The molecule has 1 atom stereocenters. The lowest BCUT2D eigenvalue weighted by Gasteiger charge is -2.23. The average Bonchev–Trinajstić information content (AvgIpc) is 3.10. The van der Waals surface area contributed by atoms with Crippen LogP contribution in [0, 0.1) is 5.92 Å².